The molecule has 4 rings (SSSR count). The number of aromatic nitrogens is 2. The van der Waals surface area contributed by atoms with Gasteiger partial charge < -0.3 is 10.2 Å². The molecule has 2 aromatic heterocycles. The quantitative estimate of drug-likeness (QED) is 0.696. The molecule has 4 amide bonds. The zero-order valence-electron chi connectivity index (χ0n) is 18.3. The summed E-state index contributed by atoms with van der Waals surface area (Å²) in [5.74, 6) is -0.214. The van der Waals surface area contributed by atoms with Gasteiger partial charge in [0.05, 0.1) is 12.2 Å². The van der Waals surface area contributed by atoms with Crippen LogP contribution in [0.2, 0.25) is 0 Å². The van der Waals surface area contributed by atoms with Crippen molar-refractivity contribution >= 4 is 29.2 Å². The first-order chi connectivity index (χ1) is 14.8. The van der Waals surface area contributed by atoms with Gasteiger partial charge in [-0.2, -0.15) is 16.4 Å². The Labute approximate surface area is 186 Å². The van der Waals surface area contributed by atoms with Crippen molar-refractivity contribution in [2.24, 2.45) is 13.0 Å². The second-order valence-corrected chi connectivity index (χ2v) is 9.40. The van der Waals surface area contributed by atoms with Crippen LogP contribution in [0.25, 0.3) is 0 Å². The van der Waals surface area contributed by atoms with Crippen molar-refractivity contribution < 1.29 is 14.4 Å². The maximum Gasteiger partial charge on any atom is 0.325 e. The van der Waals surface area contributed by atoms with Gasteiger partial charge in [0.2, 0.25) is 0 Å². The molecule has 0 radical (unpaired) electrons. The van der Waals surface area contributed by atoms with Gasteiger partial charge in [0.1, 0.15) is 11.2 Å². The molecule has 8 nitrogen and oxygen atoms in total. The monoisotopic (exact) mass is 443 g/mol. The van der Waals surface area contributed by atoms with E-state index in [0.717, 1.165) is 24.1 Å². The SMILES string of the molecule is CCCc1cc(C(=O)N2CCC([C@]3(C)NC(=O)N(Cc4ccsc4)C3=O)CC2)n(C)n1. The number of urea groups is 1. The molecule has 0 bridgehead atoms. The van der Waals surface area contributed by atoms with Crippen LogP contribution in [0.1, 0.15) is 54.9 Å². The number of rotatable bonds is 6. The smallest absolute Gasteiger partial charge is 0.325 e. The highest BCUT2D eigenvalue weighted by Gasteiger charge is 2.52. The van der Waals surface area contributed by atoms with E-state index < -0.39 is 5.54 Å². The molecule has 0 aliphatic carbocycles. The third kappa shape index (κ3) is 3.98. The normalized spacial score (nSPS) is 22.3. The lowest BCUT2D eigenvalue weighted by atomic mass is 9.79. The molecule has 4 heterocycles. The highest BCUT2D eigenvalue weighted by molar-refractivity contribution is 7.07. The van der Waals surface area contributed by atoms with E-state index in [4.69, 9.17) is 0 Å². The molecular weight excluding hydrogens is 414 g/mol. The molecule has 2 aliphatic rings. The first-order valence-electron chi connectivity index (χ1n) is 10.8. The summed E-state index contributed by atoms with van der Waals surface area (Å²) in [6.45, 7) is 5.32. The van der Waals surface area contributed by atoms with E-state index in [-0.39, 0.29) is 23.8 Å². The van der Waals surface area contributed by atoms with Crippen molar-refractivity contribution in [3.05, 3.63) is 39.8 Å². The molecule has 0 spiro atoms. The second-order valence-electron chi connectivity index (χ2n) is 8.62. The molecule has 31 heavy (non-hydrogen) atoms. The lowest BCUT2D eigenvalue weighted by molar-refractivity contribution is -0.133. The Bertz CT molecular complexity index is 977. The average molecular weight is 444 g/mol. The molecular formula is C22H29N5O3S. The number of aryl methyl sites for hydroxylation is 2. The molecule has 0 saturated carbocycles. The number of imide groups is 1. The molecule has 1 N–H and O–H groups in total. The maximum absolute atomic E-state index is 13.2. The van der Waals surface area contributed by atoms with Crippen molar-refractivity contribution in [2.45, 2.75) is 51.6 Å². The molecule has 2 aliphatic heterocycles. The predicted octanol–water partition coefficient (Wildman–Crippen LogP) is 2.80. The fourth-order valence-electron chi connectivity index (χ4n) is 4.63. The molecule has 9 heteroatoms. The molecule has 2 aromatic rings. The Balaban J connectivity index is 1.40. The highest BCUT2D eigenvalue weighted by Crippen LogP contribution is 2.34. The number of thiophene rings is 1. The summed E-state index contributed by atoms with van der Waals surface area (Å²) >= 11 is 1.55. The first kappa shape index (κ1) is 21.5. The largest absolute Gasteiger partial charge is 0.337 e. The molecule has 0 unspecified atom stereocenters. The number of carbonyl (C=O) groups is 3. The Kier molecular flexibility index (Phi) is 5.88. The summed E-state index contributed by atoms with van der Waals surface area (Å²) in [5, 5.41) is 11.3. The Hall–Kier alpha value is -2.68. The second kappa shape index (κ2) is 8.45. The summed E-state index contributed by atoms with van der Waals surface area (Å²) in [6, 6.07) is 3.47. The zero-order chi connectivity index (χ0) is 22.2. The number of amides is 4. The van der Waals surface area contributed by atoms with Gasteiger partial charge in [0.25, 0.3) is 11.8 Å². The Morgan fingerprint density at radius 2 is 2.06 bits per heavy atom. The summed E-state index contributed by atoms with van der Waals surface area (Å²) in [7, 11) is 1.80. The summed E-state index contributed by atoms with van der Waals surface area (Å²) < 4.78 is 1.66. The fraction of sp³-hybridized carbons (Fsp3) is 0.545. The number of carbonyl (C=O) groups excluding carboxylic acids is 3. The van der Waals surface area contributed by atoms with Crippen LogP contribution in [-0.4, -0.2) is 56.1 Å². The molecule has 2 saturated heterocycles. The zero-order valence-corrected chi connectivity index (χ0v) is 19.1. The average Bonchev–Trinajstić information content (AvgIpc) is 3.45. The van der Waals surface area contributed by atoms with E-state index in [2.05, 4.69) is 17.3 Å². The topological polar surface area (TPSA) is 87.5 Å². The summed E-state index contributed by atoms with van der Waals surface area (Å²) in [4.78, 5) is 41.9. The third-order valence-corrected chi connectivity index (χ3v) is 7.21. The summed E-state index contributed by atoms with van der Waals surface area (Å²) in [6.07, 6.45) is 3.17. The molecule has 0 aromatic carbocycles. The fourth-order valence-corrected chi connectivity index (χ4v) is 5.29. The van der Waals surface area contributed by atoms with Gasteiger partial charge in [-0.1, -0.05) is 13.3 Å². The van der Waals surface area contributed by atoms with E-state index >= 15 is 0 Å². The number of piperidine rings is 1. The number of nitrogens with one attached hydrogen (secondary N) is 1. The van der Waals surface area contributed by atoms with E-state index in [9.17, 15) is 14.4 Å². The van der Waals surface area contributed by atoms with Crippen molar-refractivity contribution in [1.29, 1.82) is 0 Å². The van der Waals surface area contributed by atoms with Crippen molar-refractivity contribution in [3.63, 3.8) is 0 Å². The van der Waals surface area contributed by atoms with Gasteiger partial charge in [-0.15, -0.1) is 0 Å². The lowest BCUT2D eigenvalue weighted by Crippen LogP contribution is -2.54. The van der Waals surface area contributed by atoms with Gasteiger partial charge in [-0.05, 0) is 60.6 Å². The van der Waals surface area contributed by atoms with E-state index in [1.807, 2.05) is 34.7 Å². The Morgan fingerprint density at radius 1 is 1.32 bits per heavy atom. The van der Waals surface area contributed by atoms with E-state index in [1.165, 1.54) is 4.90 Å². The maximum atomic E-state index is 13.2. The van der Waals surface area contributed by atoms with Crippen LogP contribution in [0.5, 0.6) is 0 Å². The van der Waals surface area contributed by atoms with Crippen LogP contribution < -0.4 is 5.32 Å². The van der Waals surface area contributed by atoms with Crippen LogP contribution in [0.15, 0.2) is 22.9 Å². The number of nitrogens with zero attached hydrogens (tertiary/aromatic N) is 4. The van der Waals surface area contributed by atoms with Crippen molar-refractivity contribution in [2.75, 3.05) is 13.1 Å². The van der Waals surface area contributed by atoms with Gasteiger partial charge >= 0.3 is 6.03 Å². The van der Waals surface area contributed by atoms with Crippen LogP contribution >= 0.6 is 11.3 Å². The van der Waals surface area contributed by atoms with Crippen molar-refractivity contribution in [3.8, 4) is 0 Å². The third-order valence-electron chi connectivity index (χ3n) is 6.48. The minimum Gasteiger partial charge on any atom is -0.337 e. The number of hydrogen-bond donors (Lipinski definition) is 1. The van der Waals surface area contributed by atoms with Gasteiger partial charge in [-0.25, -0.2) is 4.79 Å². The minimum absolute atomic E-state index is 0.0114. The van der Waals surface area contributed by atoms with Crippen LogP contribution in [0.3, 0.4) is 0 Å². The summed E-state index contributed by atoms with van der Waals surface area (Å²) in [5.41, 5.74) is 1.56. The van der Waals surface area contributed by atoms with E-state index in [1.54, 1.807) is 23.1 Å². The molecule has 2 fully saturated rings. The number of hydrogen-bond acceptors (Lipinski definition) is 5. The molecule has 166 valence electrons. The number of likely N-dealkylation sites (tertiary alicyclic amines) is 1. The first-order valence-corrected chi connectivity index (χ1v) is 11.7. The van der Waals surface area contributed by atoms with Gasteiger partial charge in [-0.3, -0.25) is 19.2 Å². The predicted molar refractivity (Wildman–Crippen MR) is 118 cm³/mol. The standard InChI is InChI=1S/C22H29N5O3S/c1-4-5-17-12-18(25(3)24-17)19(28)26-9-6-16(7-10-26)22(2)20(29)27(21(30)23-22)13-15-8-11-31-14-15/h8,11-12,14,16H,4-7,9-10,13H2,1-3H3,(H,23,30)/t22-/m0/s1. The minimum atomic E-state index is -0.928. The van der Waals surface area contributed by atoms with Crippen LogP contribution in [0, 0.1) is 5.92 Å². The van der Waals surface area contributed by atoms with Crippen LogP contribution in [0.4, 0.5) is 4.79 Å². The van der Waals surface area contributed by atoms with Crippen LogP contribution in [-0.2, 0) is 24.8 Å². The van der Waals surface area contributed by atoms with Gasteiger partial charge in [0, 0.05) is 20.1 Å². The van der Waals surface area contributed by atoms with Gasteiger partial charge in [0.15, 0.2) is 0 Å². The van der Waals surface area contributed by atoms with E-state index in [0.29, 0.717) is 38.2 Å². The highest BCUT2D eigenvalue weighted by atomic mass is 32.1. The lowest BCUT2D eigenvalue weighted by Gasteiger charge is -2.38. The molecule has 1 atom stereocenters. The Morgan fingerprint density at radius 3 is 2.71 bits per heavy atom. The van der Waals surface area contributed by atoms with Crippen molar-refractivity contribution in [1.82, 2.24) is 24.9 Å².